The van der Waals surface area contributed by atoms with Gasteiger partial charge in [0.05, 0.1) is 13.2 Å². The van der Waals surface area contributed by atoms with Gasteiger partial charge in [0.2, 0.25) is 0 Å². The molecule has 0 amide bonds. The van der Waals surface area contributed by atoms with Crippen LogP contribution in [0.5, 0.6) is 5.75 Å². The van der Waals surface area contributed by atoms with Crippen molar-refractivity contribution in [1.82, 2.24) is 10.3 Å². The minimum atomic E-state index is -0.607. The summed E-state index contributed by atoms with van der Waals surface area (Å²) in [7, 11) is 1.62. The van der Waals surface area contributed by atoms with Crippen molar-refractivity contribution >= 4 is 0 Å². The first kappa shape index (κ1) is 15.5. The molecule has 4 nitrogen and oxygen atoms in total. The summed E-state index contributed by atoms with van der Waals surface area (Å²) in [6, 6.07) is 9.91. The van der Waals surface area contributed by atoms with E-state index < -0.39 is 6.10 Å². The number of pyridine rings is 1. The van der Waals surface area contributed by atoms with Crippen molar-refractivity contribution in [3.8, 4) is 5.75 Å². The SMILES string of the molecule is COc1ccc(C)cc1C(O)CN[C@@H](C)c1ccncc1. The number of methoxy groups -OCH3 is 1. The Labute approximate surface area is 125 Å². The van der Waals surface area contributed by atoms with Gasteiger partial charge in [0.15, 0.2) is 0 Å². The van der Waals surface area contributed by atoms with Crippen molar-refractivity contribution in [3.05, 3.63) is 59.4 Å². The van der Waals surface area contributed by atoms with Gasteiger partial charge in [0.1, 0.15) is 5.75 Å². The molecule has 0 spiro atoms. The maximum Gasteiger partial charge on any atom is 0.124 e. The lowest BCUT2D eigenvalue weighted by atomic mass is 10.0. The van der Waals surface area contributed by atoms with E-state index in [0.29, 0.717) is 12.3 Å². The zero-order valence-corrected chi connectivity index (χ0v) is 12.7. The highest BCUT2D eigenvalue weighted by Crippen LogP contribution is 2.26. The van der Waals surface area contributed by atoms with Crippen LogP contribution in [0.1, 0.15) is 35.8 Å². The van der Waals surface area contributed by atoms with Crippen LogP contribution >= 0.6 is 0 Å². The summed E-state index contributed by atoms with van der Waals surface area (Å²) >= 11 is 0. The Morgan fingerprint density at radius 1 is 1.24 bits per heavy atom. The van der Waals surface area contributed by atoms with Crippen LogP contribution < -0.4 is 10.1 Å². The van der Waals surface area contributed by atoms with Crippen LogP contribution in [0.25, 0.3) is 0 Å². The summed E-state index contributed by atoms with van der Waals surface area (Å²) in [6.07, 6.45) is 2.94. The molecule has 1 unspecified atom stereocenters. The number of hydrogen-bond acceptors (Lipinski definition) is 4. The number of aryl methyl sites for hydroxylation is 1. The van der Waals surface area contributed by atoms with Crippen LogP contribution in [0.2, 0.25) is 0 Å². The number of aliphatic hydroxyl groups is 1. The van der Waals surface area contributed by atoms with Crippen LogP contribution in [0, 0.1) is 6.92 Å². The minimum Gasteiger partial charge on any atom is -0.496 e. The molecule has 0 aliphatic rings. The number of nitrogens with one attached hydrogen (secondary N) is 1. The average Bonchev–Trinajstić information content (AvgIpc) is 2.53. The van der Waals surface area contributed by atoms with Crippen LogP contribution in [-0.4, -0.2) is 23.7 Å². The Morgan fingerprint density at radius 3 is 2.62 bits per heavy atom. The molecule has 2 aromatic rings. The molecule has 2 rings (SSSR count). The molecule has 0 saturated carbocycles. The third kappa shape index (κ3) is 4.03. The quantitative estimate of drug-likeness (QED) is 0.857. The second-order valence-electron chi connectivity index (χ2n) is 5.17. The van der Waals surface area contributed by atoms with Gasteiger partial charge >= 0.3 is 0 Å². The first-order chi connectivity index (χ1) is 10.1. The highest BCUT2D eigenvalue weighted by Gasteiger charge is 2.15. The summed E-state index contributed by atoms with van der Waals surface area (Å²) in [5.41, 5.74) is 3.06. The third-order valence-electron chi connectivity index (χ3n) is 3.57. The summed E-state index contributed by atoms with van der Waals surface area (Å²) in [4.78, 5) is 4.01. The second-order valence-corrected chi connectivity index (χ2v) is 5.17. The number of rotatable bonds is 6. The molecule has 112 valence electrons. The predicted molar refractivity (Wildman–Crippen MR) is 83.3 cm³/mol. The Morgan fingerprint density at radius 2 is 1.95 bits per heavy atom. The van der Waals surface area contributed by atoms with Gasteiger partial charge in [-0.15, -0.1) is 0 Å². The number of ether oxygens (including phenoxy) is 1. The summed E-state index contributed by atoms with van der Waals surface area (Å²) < 4.78 is 5.32. The molecule has 0 fully saturated rings. The molecule has 2 atom stereocenters. The van der Waals surface area contributed by atoms with Crippen LogP contribution in [0.3, 0.4) is 0 Å². The van der Waals surface area contributed by atoms with Crippen molar-refractivity contribution in [1.29, 1.82) is 0 Å². The molecule has 0 saturated heterocycles. The second kappa shape index (κ2) is 7.20. The van der Waals surface area contributed by atoms with Gasteiger partial charge in [-0.05, 0) is 43.7 Å². The van der Waals surface area contributed by atoms with Crippen molar-refractivity contribution < 1.29 is 9.84 Å². The predicted octanol–water partition coefficient (Wildman–Crippen LogP) is 2.78. The molecular weight excluding hydrogens is 264 g/mol. The molecule has 1 aromatic carbocycles. The van der Waals surface area contributed by atoms with E-state index in [0.717, 1.165) is 16.7 Å². The van der Waals surface area contributed by atoms with Gasteiger partial charge in [-0.1, -0.05) is 11.6 Å². The molecule has 4 heteroatoms. The molecule has 0 bridgehead atoms. The van der Waals surface area contributed by atoms with Crippen LogP contribution in [0.4, 0.5) is 0 Å². The number of benzene rings is 1. The lowest BCUT2D eigenvalue weighted by Crippen LogP contribution is -2.25. The minimum absolute atomic E-state index is 0.151. The summed E-state index contributed by atoms with van der Waals surface area (Å²) in [6.45, 7) is 4.53. The highest BCUT2D eigenvalue weighted by molar-refractivity contribution is 5.38. The zero-order chi connectivity index (χ0) is 15.2. The first-order valence-electron chi connectivity index (χ1n) is 7.07. The molecule has 1 aromatic heterocycles. The highest BCUT2D eigenvalue weighted by atomic mass is 16.5. The molecule has 2 N–H and O–H groups in total. The van der Waals surface area contributed by atoms with Crippen LogP contribution in [-0.2, 0) is 0 Å². The fourth-order valence-electron chi connectivity index (χ4n) is 2.28. The smallest absolute Gasteiger partial charge is 0.124 e. The van der Waals surface area contributed by atoms with Gasteiger partial charge in [0, 0.05) is 30.5 Å². The maximum absolute atomic E-state index is 10.4. The van der Waals surface area contributed by atoms with E-state index in [2.05, 4.69) is 17.2 Å². The number of nitrogens with zero attached hydrogens (tertiary/aromatic N) is 1. The van der Waals surface area contributed by atoms with Crippen LogP contribution in [0.15, 0.2) is 42.7 Å². The first-order valence-corrected chi connectivity index (χ1v) is 7.07. The summed E-state index contributed by atoms with van der Waals surface area (Å²) in [5.74, 6) is 0.714. The number of hydrogen-bond donors (Lipinski definition) is 2. The number of aromatic nitrogens is 1. The Bertz CT molecular complexity index is 572. The Hall–Kier alpha value is -1.91. The van der Waals surface area contributed by atoms with Crippen molar-refractivity contribution in [2.45, 2.75) is 26.0 Å². The Kier molecular flexibility index (Phi) is 5.31. The van der Waals surface area contributed by atoms with E-state index in [1.54, 1.807) is 19.5 Å². The van der Waals surface area contributed by atoms with Gasteiger partial charge < -0.3 is 15.2 Å². The normalized spacial score (nSPS) is 13.7. The molecule has 21 heavy (non-hydrogen) atoms. The van der Waals surface area contributed by atoms with E-state index in [4.69, 9.17) is 4.74 Å². The lowest BCUT2D eigenvalue weighted by Gasteiger charge is -2.19. The Balaban J connectivity index is 2.02. The largest absolute Gasteiger partial charge is 0.496 e. The standard InChI is InChI=1S/C17H22N2O2/c1-12-4-5-17(21-3)15(10-12)16(20)11-19-13(2)14-6-8-18-9-7-14/h4-10,13,16,19-20H,11H2,1-3H3/t13-,16?/m0/s1. The molecule has 0 aliphatic carbocycles. The zero-order valence-electron chi connectivity index (χ0n) is 12.7. The average molecular weight is 286 g/mol. The summed E-state index contributed by atoms with van der Waals surface area (Å²) in [5, 5.41) is 13.7. The molecule has 0 aliphatic heterocycles. The fraction of sp³-hybridized carbons (Fsp3) is 0.353. The van der Waals surface area contributed by atoms with Gasteiger partial charge in [-0.25, -0.2) is 0 Å². The van der Waals surface area contributed by atoms with Gasteiger partial charge in [-0.2, -0.15) is 0 Å². The van der Waals surface area contributed by atoms with E-state index in [1.807, 2.05) is 37.3 Å². The van der Waals surface area contributed by atoms with E-state index in [9.17, 15) is 5.11 Å². The lowest BCUT2D eigenvalue weighted by molar-refractivity contribution is 0.166. The van der Waals surface area contributed by atoms with E-state index in [1.165, 1.54) is 0 Å². The van der Waals surface area contributed by atoms with Crippen molar-refractivity contribution in [3.63, 3.8) is 0 Å². The van der Waals surface area contributed by atoms with E-state index >= 15 is 0 Å². The van der Waals surface area contributed by atoms with Gasteiger partial charge in [-0.3, -0.25) is 4.98 Å². The maximum atomic E-state index is 10.4. The topological polar surface area (TPSA) is 54.4 Å². The molecule has 1 heterocycles. The van der Waals surface area contributed by atoms with E-state index in [-0.39, 0.29) is 6.04 Å². The number of aliphatic hydroxyl groups excluding tert-OH is 1. The monoisotopic (exact) mass is 286 g/mol. The van der Waals surface area contributed by atoms with Gasteiger partial charge in [0.25, 0.3) is 0 Å². The third-order valence-corrected chi connectivity index (χ3v) is 3.57. The van der Waals surface area contributed by atoms with Crippen molar-refractivity contribution in [2.24, 2.45) is 0 Å². The molecular formula is C17H22N2O2. The molecule has 0 radical (unpaired) electrons. The van der Waals surface area contributed by atoms with Crippen molar-refractivity contribution in [2.75, 3.05) is 13.7 Å². The fourth-order valence-corrected chi connectivity index (χ4v) is 2.28.